The predicted octanol–water partition coefficient (Wildman–Crippen LogP) is 2.22. The molecule has 112 valence electrons. The van der Waals surface area contributed by atoms with E-state index in [1.807, 2.05) is 12.1 Å². The van der Waals surface area contributed by atoms with Crippen LogP contribution in [0.1, 0.15) is 19.3 Å². The van der Waals surface area contributed by atoms with Gasteiger partial charge in [-0.05, 0) is 25.8 Å². The summed E-state index contributed by atoms with van der Waals surface area (Å²) in [6.45, 7) is 1.39. The maximum absolute atomic E-state index is 5.90. The fourth-order valence-electron chi connectivity index (χ4n) is 2.33. The first-order valence-electron chi connectivity index (χ1n) is 6.81. The van der Waals surface area contributed by atoms with Gasteiger partial charge < -0.3 is 24.7 Å². The lowest BCUT2D eigenvalue weighted by Crippen LogP contribution is -2.17. The topological polar surface area (TPSA) is 62.9 Å². The zero-order chi connectivity index (χ0) is 14.6. The predicted molar refractivity (Wildman–Crippen MR) is 76.9 cm³/mol. The molecular formula is C15H23NO4. The van der Waals surface area contributed by atoms with Crippen molar-refractivity contribution in [3.8, 4) is 23.0 Å². The van der Waals surface area contributed by atoms with Gasteiger partial charge in [0.05, 0.1) is 27.9 Å². The third-order valence-corrected chi connectivity index (χ3v) is 3.82. The highest BCUT2D eigenvalue weighted by atomic mass is 16.5. The van der Waals surface area contributed by atoms with E-state index in [-0.39, 0.29) is 5.41 Å². The summed E-state index contributed by atoms with van der Waals surface area (Å²) in [6.07, 6.45) is 3.39. The first kappa shape index (κ1) is 14.8. The smallest absolute Gasteiger partial charge is 0.203 e. The standard InChI is InChI=1S/C15H23NO4/c1-17-12-8-11(9-13(18-2)14(12)19-3)20-10-15(4-5-15)6-7-16/h8-9H,4-7,10,16H2,1-3H3. The van der Waals surface area contributed by atoms with Crippen LogP contribution in [0.2, 0.25) is 0 Å². The first-order valence-corrected chi connectivity index (χ1v) is 6.81. The van der Waals surface area contributed by atoms with Crippen molar-refractivity contribution in [2.45, 2.75) is 19.3 Å². The van der Waals surface area contributed by atoms with Gasteiger partial charge in [0.15, 0.2) is 11.5 Å². The number of rotatable bonds is 8. The number of benzene rings is 1. The van der Waals surface area contributed by atoms with Crippen LogP contribution >= 0.6 is 0 Å². The lowest BCUT2D eigenvalue weighted by atomic mass is 10.0. The summed E-state index contributed by atoms with van der Waals surface area (Å²) in [5.74, 6) is 2.50. The van der Waals surface area contributed by atoms with Crippen molar-refractivity contribution in [1.82, 2.24) is 0 Å². The Labute approximate surface area is 120 Å². The average molecular weight is 281 g/mol. The maximum atomic E-state index is 5.90. The Morgan fingerprint density at radius 3 is 2.05 bits per heavy atom. The SMILES string of the molecule is COc1cc(OCC2(CCN)CC2)cc(OC)c1OC. The summed E-state index contributed by atoms with van der Waals surface area (Å²) in [4.78, 5) is 0. The van der Waals surface area contributed by atoms with Crippen molar-refractivity contribution in [2.75, 3.05) is 34.5 Å². The quantitative estimate of drug-likeness (QED) is 0.791. The van der Waals surface area contributed by atoms with E-state index in [0.29, 0.717) is 30.4 Å². The van der Waals surface area contributed by atoms with Crippen LogP contribution in [-0.2, 0) is 0 Å². The molecule has 1 aliphatic carbocycles. The van der Waals surface area contributed by atoms with E-state index < -0.39 is 0 Å². The van der Waals surface area contributed by atoms with Gasteiger partial charge in [-0.15, -0.1) is 0 Å². The minimum Gasteiger partial charge on any atom is -0.493 e. The highest BCUT2D eigenvalue weighted by Crippen LogP contribution is 2.49. The van der Waals surface area contributed by atoms with Gasteiger partial charge >= 0.3 is 0 Å². The van der Waals surface area contributed by atoms with Crippen molar-refractivity contribution in [1.29, 1.82) is 0 Å². The summed E-state index contributed by atoms with van der Waals surface area (Å²) in [5.41, 5.74) is 5.91. The molecule has 20 heavy (non-hydrogen) atoms. The fraction of sp³-hybridized carbons (Fsp3) is 0.600. The molecule has 0 bridgehead atoms. The van der Waals surface area contributed by atoms with Crippen molar-refractivity contribution in [3.05, 3.63) is 12.1 Å². The highest BCUT2D eigenvalue weighted by Gasteiger charge is 2.42. The van der Waals surface area contributed by atoms with Crippen LogP contribution in [-0.4, -0.2) is 34.5 Å². The van der Waals surface area contributed by atoms with E-state index in [1.165, 1.54) is 12.8 Å². The van der Waals surface area contributed by atoms with E-state index in [4.69, 9.17) is 24.7 Å². The van der Waals surface area contributed by atoms with Crippen LogP contribution in [0.25, 0.3) is 0 Å². The number of nitrogens with two attached hydrogens (primary N) is 1. The summed E-state index contributed by atoms with van der Waals surface area (Å²) in [7, 11) is 4.77. The second-order valence-corrected chi connectivity index (χ2v) is 5.19. The molecule has 2 N–H and O–H groups in total. The largest absolute Gasteiger partial charge is 0.493 e. The second kappa shape index (κ2) is 6.22. The normalized spacial score (nSPS) is 15.6. The summed E-state index contributed by atoms with van der Waals surface area (Å²) in [5, 5.41) is 0. The van der Waals surface area contributed by atoms with E-state index in [2.05, 4.69) is 0 Å². The molecule has 0 amide bonds. The van der Waals surface area contributed by atoms with Crippen LogP contribution in [0.4, 0.5) is 0 Å². The third-order valence-electron chi connectivity index (χ3n) is 3.82. The summed E-state index contributed by atoms with van der Waals surface area (Å²) < 4.78 is 21.8. The number of hydrogen-bond donors (Lipinski definition) is 1. The van der Waals surface area contributed by atoms with Crippen LogP contribution in [0.3, 0.4) is 0 Å². The van der Waals surface area contributed by atoms with Gasteiger partial charge in [0.2, 0.25) is 5.75 Å². The Morgan fingerprint density at radius 2 is 1.65 bits per heavy atom. The highest BCUT2D eigenvalue weighted by molar-refractivity contribution is 5.55. The fourth-order valence-corrected chi connectivity index (χ4v) is 2.33. The minimum atomic E-state index is 0.273. The van der Waals surface area contributed by atoms with Gasteiger partial charge in [0, 0.05) is 17.5 Å². The van der Waals surface area contributed by atoms with Crippen molar-refractivity contribution in [2.24, 2.45) is 11.1 Å². The number of ether oxygens (including phenoxy) is 4. The number of hydrogen-bond acceptors (Lipinski definition) is 5. The van der Waals surface area contributed by atoms with Crippen molar-refractivity contribution >= 4 is 0 Å². The Kier molecular flexibility index (Phi) is 4.60. The van der Waals surface area contributed by atoms with Gasteiger partial charge in [-0.3, -0.25) is 0 Å². The molecule has 5 nitrogen and oxygen atoms in total. The second-order valence-electron chi connectivity index (χ2n) is 5.19. The molecule has 0 unspecified atom stereocenters. The molecule has 0 aliphatic heterocycles. The average Bonchev–Trinajstić information content (AvgIpc) is 3.24. The lowest BCUT2D eigenvalue weighted by Gasteiger charge is -2.18. The molecule has 2 rings (SSSR count). The molecule has 1 fully saturated rings. The van der Waals surface area contributed by atoms with Gasteiger partial charge in [0.1, 0.15) is 5.75 Å². The molecule has 0 spiro atoms. The molecule has 0 radical (unpaired) electrons. The van der Waals surface area contributed by atoms with Crippen LogP contribution in [0.5, 0.6) is 23.0 Å². The lowest BCUT2D eigenvalue weighted by molar-refractivity contribution is 0.224. The minimum absolute atomic E-state index is 0.273. The molecule has 0 saturated heterocycles. The molecule has 1 aromatic rings. The molecule has 1 saturated carbocycles. The monoisotopic (exact) mass is 281 g/mol. The Hall–Kier alpha value is -1.62. The zero-order valence-corrected chi connectivity index (χ0v) is 12.4. The van der Waals surface area contributed by atoms with E-state index in [0.717, 1.165) is 12.2 Å². The van der Waals surface area contributed by atoms with Crippen molar-refractivity contribution < 1.29 is 18.9 Å². The molecular weight excluding hydrogens is 258 g/mol. The molecule has 1 aromatic carbocycles. The maximum Gasteiger partial charge on any atom is 0.203 e. The summed E-state index contributed by atoms with van der Waals surface area (Å²) in [6, 6.07) is 3.64. The van der Waals surface area contributed by atoms with Gasteiger partial charge in [-0.1, -0.05) is 0 Å². The van der Waals surface area contributed by atoms with E-state index in [9.17, 15) is 0 Å². The van der Waals surface area contributed by atoms with Gasteiger partial charge in [-0.25, -0.2) is 0 Å². The van der Waals surface area contributed by atoms with E-state index >= 15 is 0 Å². The Bertz CT molecular complexity index is 432. The van der Waals surface area contributed by atoms with Gasteiger partial charge in [-0.2, -0.15) is 0 Å². The first-order chi connectivity index (χ1) is 9.68. The molecule has 0 heterocycles. The van der Waals surface area contributed by atoms with Crippen LogP contribution < -0.4 is 24.7 Å². The van der Waals surface area contributed by atoms with E-state index in [1.54, 1.807) is 21.3 Å². The molecule has 0 atom stereocenters. The van der Waals surface area contributed by atoms with Crippen LogP contribution in [0, 0.1) is 5.41 Å². The summed E-state index contributed by atoms with van der Waals surface area (Å²) >= 11 is 0. The molecule has 5 heteroatoms. The van der Waals surface area contributed by atoms with Crippen molar-refractivity contribution in [3.63, 3.8) is 0 Å². The van der Waals surface area contributed by atoms with Gasteiger partial charge in [0.25, 0.3) is 0 Å². The number of methoxy groups -OCH3 is 3. The third kappa shape index (κ3) is 3.10. The Balaban J connectivity index is 2.12. The zero-order valence-electron chi connectivity index (χ0n) is 12.4. The molecule has 1 aliphatic rings. The Morgan fingerprint density at radius 1 is 1.05 bits per heavy atom. The molecule has 0 aromatic heterocycles. The van der Waals surface area contributed by atoms with Crippen LogP contribution in [0.15, 0.2) is 12.1 Å².